The van der Waals surface area contributed by atoms with Gasteiger partial charge in [-0.3, -0.25) is 4.79 Å². The fraction of sp³-hybridized carbons (Fsp3) is 0.579. The number of urea groups is 1. The van der Waals surface area contributed by atoms with Gasteiger partial charge in [0, 0.05) is 19.1 Å². The smallest absolute Gasteiger partial charge is 0.312 e. The van der Waals surface area contributed by atoms with E-state index in [4.69, 9.17) is 5.73 Å². The van der Waals surface area contributed by atoms with Crippen LogP contribution in [0.25, 0.3) is 0 Å². The predicted molar refractivity (Wildman–Crippen MR) is 93.5 cm³/mol. The second-order valence-corrected chi connectivity index (χ2v) is 7.22. The van der Waals surface area contributed by atoms with Gasteiger partial charge in [0.1, 0.15) is 5.82 Å². The number of halogens is 1. The van der Waals surface area contributed by atoms with Crippen LogP contribution in [0.2, 0.25) is 0 Å². The Labute approximate surface area is 147 Å². The maximum atomic E-state index is 13.4. The van der Waals surface area contributed by atoms with Gasteiger partial charge in [0.2, 0.25) is 5.91 Å². The molecule has 2 fully saturated rings. The van der Waals surface area contributed by atoms with Crippen LogP contribution in [0, 0.1) is 5.82 Å². The summed E-state index contributed by atoms with van der Waals surface area (Å²) in [4.78, 5) is 26.3. The number of benzene rings is 1. The highest BCUT2D eigenvalue weighted by Crippen LogP contribution is 2.41. The van der Waals surface area contributed by atoms with Crippen LogP contribution in [0.3, 0.4) is 0 Å². The molecular formula is C19H26FN3O2. The second-order valence-electron chi connectivity index (χ2n) is 7.22. The van der Waals surface area contributed by atoms with Crippen LogP contribution in [-0.4, -0.2) is 36.0 Å². The van der Waals surface area contributed by atoms with Gasteiger partial charge in [-0.05, 0) is 43.4 Å². The highest BCUT2D eigenvalue weighted by atomic mass is 19.1. The monoisotopic (exact) mass is 347 g/mol. The van der Waals surface area contributed by atoms with Crippen LogP contribution < -0.4 is 11.1 Å². The van der Waals surface area contributed by atoms with E-state index in [-0.39, 0.29) is 17.8 Å². The fourth-order valence-electron chi connectivity index (χ4n) is 4.28. The average molecular weight is 347 g/mol. The summed E-state index contributed by atoms with van der Waals surface area (Å²) >= 11 is 0. The van der Waals surface area contributed by atoms with Gasteiger partial charge in [-0.1, -0.05) is 31.4 Å². The zero-order valence-corrected chi connectivity index (χ0v) is 14.5. The molecule has 3 N–H and O–H groups in total. The third-order valence-electron chi connectivity index (χ3n) is 5.64. The lowest BCUT2D eigenvalue weighted by molar-refractivity contribution is -0.140. The zero-order valence-electron chi connectivity index (χ0n) is 14.5. The van der Waals surface area contributed by atoms with Crippen molar-refractivity contribution in [2.75, 3.05) is 13.1 Å². The standard InChI is InChI=1S/C19H26FN3O2/c20-15-6-4-14(5-7-15)19(10-2-1-3-11-19)17(24)23-12-8-16(9-13-23)22-18(21)25/h4-7,16H,1-3,8-13H2,(H3,21,22,25). The molecule has 0 unspecified atom stereocenters. The Morgan fingerprint density at radius 2 is 1.68 bits per heavy atom. The summed E-state index contributed by atoms with van der Waals surface area (Å²) in [6.07, 6.45) is 6.24. The van der Waals surface area contributed by atoms with Crippen molar-refractivity contribution >= 4 is 11.9 Å². The molecule has 0 bridgehead atoms. The van der Waals surface area contributed by atoms with E-state index in [1.54, 1.807) is 12.1 Å². The molecule has 1 saturated carbocycles. The first-order chi connectivity index (χ1) is 12.0. The number of primary amides is 1. The van der Waals surface area contributed by atoms with E-state index in [9.17, 15) is 14.0 Å². The van der Waals surface area contributed by atoms with E-state index >= 15 is 0 Å². The van der Waals surface area contributed by atoms with E-state index in [0.29, 0.717) is 25.9 Å². The lowest BCUT2D eigenvalue weighted by Gasteiger charge is -2.42. The third kappa shape index (κ3) is 3.78. The molecule has 1 heterocycles. The fourth-order valence-corrected chi connectivity index (χ4v) is 4.28. The molecule has 0 radical (unpaired) electrons. The Bertz CT molecular complexity index is 618. The van der Waals surface area contributed by atoms with Crippen LogP contribution in [0.1, 0.15) is 50.5 Å². The molecule has 3 rings (SSSR count). The second kappa shape index (κ2) is 7.42. The van der Waals surface area contributed by atoms with Gasteiger partial charge in [0.15, 0.2) is 0 Å². The lowest BCUT2D eigenvalue weighted by Crippen LogP contribution is -2.53. The topological polar surface area (TPSA) is 75.4 Å². The number of nitrogens with one attached hydrogen (secondary N) is 1. The molecular weight excluding hydrogens is 321 g/mol. The normalized spacial score (nSPS) is 20.9. The maximum absolute atomic E-state index is 13.4. The summed E-state index contributed by atoms with van der Waals surface area (Å²) in [5.74, 6) is -0.128. The number of amides is 3. The lowest BCUT2D eigenvalue weighted by atomic mass is 9.68. The number of likely N-dealkylation sites (tertiary alicyclic amines) is 1. The molecule has 1 aliphatic carbocycles. The number of piperidine rings is 1. The molecule has 5 nitrogen and oxygen atoms in total. The van der Waals surface area contributed by atoms with Gasteiger partial charge in [0.25, 0.3) is 0 Å². The largest absolute Gasteiger partial charge is 0.352 e. The Morgan fingerprint density at radius 3 is 2.24 bits per heavy atom. The minimum Gasteiger partial charge on any atom is -0.352 e. The number of carbonyl (C=O) groups excluding carboxylic acids is 2. The first-order valence-corrected chi connectivity index (χ1v) is 9.13. The molecule has 25 heavy (non-hydrogen) atoms. The van der Waals surface area contributed by atoms with Crippen molar-refractivity contribution in [1.82, 2.24) is 10.2 Å². The van der Waals surface area contributed by atoms with Crippen LogP contribution >= 0.6 is 0 Å². The minimum absolute atomic E-state index is 0.0367. The first kappa shape index (κ1) is 17.7. The highest BCUT2D eigenvalue weighted by molar-refractivity contribution is 5.88. The zero-order chi connectivity index (χ0) is 17.9. The number of hydrogen-bond acceptors (Lipinski definition) is 2. The predicted octanol–water partition coefficient (Wildman–Crippen LogP) is 2.69. The molecule has 3 amide bonds. The summed E-state index contributed by atoms with van der Waals surface area (Å²) in [7, 11) is 0. The van der Waals surface area contributed by atoms with Crippen molar-refractivity contribution in [1.29, 1.82) is 0 Å². The molecule has 0 aromatic heterocycles. The first-order valence-electron chi connectivity index (χ1n) is 9.13. The number of rotatable bonds is 3. The van der Waals surface area contributed by atoms with Gasteiger partial charge in [-0.2, -0.15) is 0 Å². The van der Waals surface area contributed by atoms with Crippen LogP contribution in [0.4, 0.5) is 9.18 Å². The van der Waals surface area contributed by atoms with Crippen molar-refractivity contribution in [3.63, 3.8) is 0 Å². The summed E-state index contributed by atoms with van der Waals surface area (Å²) in [5.41, 5.74) is 5.58. The average Bonchev–Trinajstić information content (AvgIpc) is 2.62. The quantitative estimate of drug-likeness (QED) is 0.882. The number of nitrogens with two attached hydrogens (primary N) is 1. The van der Waals surface area contributed by atoms with E-state index in [1.807, 2.05) is 4.90 Å². The third-order valence-corrected chi connectivity index (χ3v) is 5.64. The van der Waals surface area contributed by atoms with Gasteiger partial charge in [0.05, 0.1) is 5.41 Å². The van der Waals surface area contributed by atoms with E-state index in [0.717, 1.165) is 37.7 Å². The van der Waals surface area contributed by atoms with E-state index in [1.165, 1.54) is 12.1 Å². The van der Waals surface area contributed by atoms with Crippen molar-refractivity contribution in [3.05, 3.63) is 35.6 Å². The van der Waals surface area contributed by atoms with Gasteiger partial charge < -0.3 is 16.0 Å². The summed E-state index contributed by atoms with van der Waals surface area (Å²) in [6, 6.07) is 5.94. The Balaban J connectivity index is 1.77. The number of hydrogen-bond donors (Lipinski definition) is 2. The van der Waals surface area contributed by atoms with Crippen molar-refractivity contribution in [2.45, 2.75) is 56.4 Å². The van der Waals surface area contributed by atoms with Crippen LogP contribution in [0.15, 0.2) is 24.3 Å². The molecule has 2 aliphatic rings. The molecule has 1 saturated heterocycles. The minimum atomic E-state index is -0.532. The highest BCUT2D eigenvalue weighted by Gasteiger charge is 2.44. The molecule has 0 spiro atoms. The van der Waals surface area contributed by atoms with Crippen molar-refractivity contribution in [2.24, 2.45) is 5.73 Å². The molecule has 0 atom stereocenters. The van der Waals surface area contributed by atoms with Crippen molar-refractivity contribution in [3.8, 4) is 0 Å². The Kier molecular flexibility index (Phi) is 5.25. The summed E-state index contributed by atoms with van der Waals surface area (Å²) in [5, 5.41) is 2.73. The van der Waals surface area contributed by atoms with Gasteiger partial charge in [-0.15, -0.1) is 0 Å². The van der Waals surface area contributed by atoms with E-state index in [2.05, 4.69) is 5.32 Å². The van der Waals surface area contributed by atoms with Crippen LogP contribution in [0.5, 0.6) is 0 Å². The summed E-state index contributed by atoms with van der Waals surface area (Å²) < 4.78 is 13.3. The SMILES string of the molecule is NC(=O)NC1CCN(C(=O)C2(c3ccc(F)cc3)CCCCC2)CC1. The molecule has 1 aromatic rings. The Morgan fingerprint density at radius 1 is 1.08 bits per heavy atom. The van der Waals surface area contributed by atoms with Crippen LogP contribution in [-0.2, 0) is 10.2 Å². The van der Waals surface area contributed by atoms with Gasteiger partial charge in [-0.25, -0.2) is 9.18 Å². The Hall–Kier alpha value is -2.11. The molecule has 136 valence electrons. The number of nitrogens with zero attached hydrogens (tertiary/aromatic N) is 1. The molecule has 1 aromatic carbocycles. The molecule has 6 heteroatoms. The summed E-state index contributed by atoms with van der Waals surface area (Å²) in [6.45, 7) is 1.24. The maximum Gasteiger partial charge on any atom is 0.312 e. The molecule has 1 aliphatic heterocycles. The van der Waals surface area contributed by atoms with Gasteiger partial charge >= 0.3 is 6.03 Å². The van der Waals surface area contributed by atoms with Crippen molar-refractivity contribution < 1.29 is 14.0 Å². The number of carbonyl (C=O) groups is 2. The van der Waals surface area contributed by atoms with E-state index < -0.39 is 11.4 Å².